The molecule has 2 amide bonds. The number of carbonyl (C=O) groups is 2. The summed E-state index contributed by atoms with van der Waals surface area (Å²) in [5.41, 5.74) is 6.60. The summed E-state index contributed by atoms with van der Waals surface area (Å²) in [5.74, 6) is -1.06. The van der Waals surface area contributed by atoms with Gasteiger partial charge in [-0.05, 0) is 44.4 Å². The Morgan fingerprint density at radius 3 is 2.46 bits per heavy atom. The Morgan fingerprint density at radius 1 is 1.32 bits per heavy atom. The number of benzene rings is 1. The van der Waals surface area contributed by atoms with Crippen LogP contribution in [0.4, 0.5) is 13.2 Å². The first-order chi connectivity index (χ1) is 12.9. The van der Waals surface area contributed by atoms with Crippen LogP contribution in [0.2, 0.25) is 5.02 Å². The Bertz CT molecular complexity index is 727. The van der Waals surface area contributed by atoms with Crippen LogP contribution < -0.4 is 5.73 Å². The Morgan fingerprint density at radius 2 is 1.96 bits per heavy atom. The summed E-state index contributed by atoms with van der Waals surface area (Å²) in [5, 5.41) is 0.504. The molecule has 0 bridgehead atoms. The van der Waals surface area contributed by atoms with Crippen LogP contribution in [-0.2, 0) is 9.59 Å². The number of halogens is 4. The van der Waals surface area contributed by atoms with Crippen molar-refractivity contribution in [3.63, 3.8) is 0 Å². The van der Waals surface area contributed by atoms with E-state index in [4.69, 9.17) is 17.3 Å². The molecule has 0 aliphatic carbocycles. The van der Waals surface area contributed by atoms with Crippen molar-refractivity contribution < 1.29 is 22.8 Å². The van der Waals surface area contributed by atoms with Gasteiger partial charge in [-0.25, -0.2) is 0 Å². The van der Waals surface area contributed by atoms with Crippen LogP contribution in [0.5, 0.6) is 0 Å². The molecule has 1 aliphatic heterocycles. The van der Waals surface area contributed by atoms with Crippen LogP contribution in [-0.4, -0.2) is 52.5 Å². The highest BCUT2D eigenvalue weighted by Crippen LogP contribution is 2.39. The van der Waals surface area contributed by atoms with E-state index in [-0.39, 0.29) is 11.9 Å². The number of hydrogen-bond acceptors (Lipinski definition) is 3. The number of likely N-dealkylation sites (tertiary alicyclic amines) is 1. The van der Waals surface area contributed by atoms with E-state index in [9.17, 15) is 22.8 Å². The molecule has 28 heavy (non-hydrogen) atoms. The second-order valence-electron chi connectivity index (χ2n) is 7.25. The third-order valence-corrected chi connectivity index (χ3v) is 5.34. The maximum Gasteiger partial charge on any atom is 0.406 e. The fourth-order valence-electron chi connectivity index (χ4n) is 3.85. The third kappa shape index (κ3) is 5.17. The Hall–Kier alpha value is -1.80. The molecule has 156 valence electrons. The summed E-state index contributed by atoms with van der Waals surface area (Å²) in [7, 11) is 0. The summed E-state index contributed by atoms with van der Waals surface area (Å²) in [6.45, 7) is 2.82. The zero-order chi connectivity index (χ0) is 21.2. The number of carbonyl (C=O) groups excluding carboxylic acids is 2. The van der Waals surface area contributed by atoms with Gasteiger partial charge in [-0.15, -0.1) is 0 Å². The van der Waals surface area contributed by atoms with Gasteiger partial charge in [0.1, 0.15) is 6.54 Å². The largest absolute Gasteiger partial charge is 0.406 e. The molecule has 1 saturated heterocycles. The Balaban J connectivity index is 2.38. The van der Waals surface area contributed by atoms with Gasteiger partial charge in [-0.3, -0.25) is 9.59 Å². The molecule has 1 aromatic carbocycles. The van der Waals surface area contributed by atoms with E-state index in [1.807, 2.05) is 6.07 Å². The van der Waals surface area contributed by atoms with Crippen LogP contribution in [0.25, 0.3) is 0 Å². The van der Waals surface area contributed by atoms with E-state index < -0.39 is 36.8 Å². The maximum atomic E-state index is 13.0. The molecule has 9 heteroatoms. The van der Waals surface area contributed by atoms with Gasteiger partial charge in [-0.2, -0.15) is 13.2 Å². The molecule has 4 atom stereocenters. The molecule has 2 rings (SSSR count). The summed E-state index contributed by atoms with van der Waals surface area (Å²) >= 11 is 6.07. The monoisotopic (exact) mass is 419 g/mol. The van der Waals surface area contributed by atoms with Crippen molar-refractivity contribution in [1.29, 1.82) is 0 Å². The molecule has 1 heterocycles. The molecule has 0 aromatic heterocycles. The molecular formula is C19H25ClF3N3O2. The van der Waals surface area contributed by atoms with Gasteiger partial charge in [-0.1, -0.05) is 23.7 Å². The lowest BCUT2D eigenvalue weighted by atomic mass is 10.0. The minimum absolute atomic E-state index is 0.357. The SMILES string of the molecule is CC(=O)N(CC(F)(F)F)[C@@H](C)[C@H]1CC[C@@H](c2cccc(Cl)c2)N1C(=O)[C@@H](C)N. The maximum absolute atomic E-state index is 13.0. The standard InChI is InChI=1S/C19H25ClF3N3O2/c1-11(24)18(28)26-16(12(2)25(13(3)27)10-19(21,22)23)7-8-17(26)14-5-4-6-15(20)9-14/h4-6,9,11-12,16-17H,7-8,10,24H2,1-3H3/t11-,12+,16-,17+/m1/s1. The lowest BCUT2D eigenvalue weighted by molar-refractivity contribution is -0.167. The van der Waals surface area contributed by atoms with Crippen molar-refractivity contribution in [3.05, 3.63) is 34.9 Å². The van der Waals surface area contributed by atoms with E-state index >= 15 is 0 Å². The molecule has 0 spiro atoms. The molecule has 0 unspecified atom stereocenters. The van der Waals surface area contributed by atoms with Crippen LogP contribution >= 0.6 is 11.6 Å². The van der Waals surface area contributed by atoms with Gasteiger partial charge in [0.05, 0.1) is 18.1 Å². The summed E-state index contributed by atoms with van der Waals surface area (Å²) in [4.78, 5) is 27.1. The van der Waals surface area contributed by atoms with Crippen LogP contribution in [0.15, 0.2) is 24.3 Å². The van der Waals surface area contributed by atoms with Gasteiger partial charge in [0.25, 0.3) is 0 Å². The first kappa shape index (κ1) is 22.5. The first-order valence-electron chi connectivity index (χ1n) is 9.09. The van der Waals surface area contributed by atoms with Crippen LogP contribution in [0, 0.1) is 0 Å². The molecule has 0 radical (unpaired) electrons. The van der Waals surface area contributed by atoms with Crippen molar-refractivity contribution in [2.75, 3.05) is 6.54 Å². The van der Waals surface area contributed by atoms with Gasteiger partial charge in [0, 0.05) is 18.0 Å². The summed E-state index contributed by atoms with van der Waals surface area (Å²) in [6, 6.07) is 4.46. The smallest absolute Gasteiger partial charge is 0.329 e. The first-order valence-corrected chi connectivity index (χ1v) is 9.47. The average Bonchev–Trinajstić information content (AvgIpc) is 3.02. The number of alkyl halides is 3. The van der Waals surface area contributed by atoms with E-state index in [1.165, 1.54) is 11.8 Å². The average molecular weight is 420 g/mol. The fourth-order valence-corrected chi connectivity index (χ4v) is 4.05. The predicted octanol–water partition coefficient (Wildman–Crippen LogP) is 3.52. The second-order valence-corrected chi connectivity index (χ2v) is 7.69. The van der Waals surface area contributed by atoms with E-state index in [0.29, 0.717) is 17.9 Å². The number of nitrogens with zero attached hydrogens (tertiary/aromatic N) is 2. The van der Waals surface area contributed by atoms with Gasteiger partial charge < -0.3 is 15.5 Å². The van der Waals surface area contributed by atoms with Crippen LogP contribution in [0.1, 0.15) is 45.2 Å². The lowest BCUT2D eigenvalue weighted by Crippen LogP contribution is -2.55. The third-order valence-electron chi connectivity index (χ3n) is 5.11. The highest BCUT2D eigenvalue weighted by atomic mass is 35.5. The zero-order valence-corrected chi connectivity index (χ0v) is 16.8. The van der Waals surface area contributed by atoms with Gasteiger partial charge >= 0.3 is 6.18 Å². The molecular weight excluding hydrogens is 395 g/mol. The highest BCUT2D eigenvalue weighted by Gasteiger charge is 2.45. The minimum Gasteiger partial charge on any atom is -0.329 e. The number of rotatable bonds is 5. The zero-order valence-electron chi connectivity index (χ0n) is 16.0. The minimum atomic E-state index is -4.53. The van der Waals surface area contributed by atoms with Crippen molar-refractivity contribution in [3.8, 4) is 0 Å². The van der Waals surface area contributed by atoms with E-state index in [0.717, 1.165) is 17.4 Å². The van der Waals surface area contributed by atoms with Crippen molar-refractivity contribution in [2.45, 2.75) is 64.0 Å². The quantitative estimate of drug-likeness (QED) is 0.794. The number of nitrogens with two attached hydrogens (primary N) is 1. The fraction of sp³-hybridized carbons (Fsp3) is 0.579. The van der Waals surface area contributed by atoms with E-state index in [2.05, 4.69) is 0 Å². The molecule has 1 aliphatic rings. The Labute approximate surface area is 167 Å². The molecule has 2 N–H and O–H groups in total. The van der Waals surface area contributed by atoms with E-state index in [1.54, 1.807) is 25.1 Å². The lowest BCUT2D eigenvalue weighted by Gasteiger charge is -2.39. The molecule has 5 nitrogen and oxygen atoms in total. The van der Waals surface area contributed by atoms with Gasteiger partial charge in [0.15, 0.2) is 0 Å². The van der Waals surface area contributed by atoms with Crippen molar-refractivity contribution in [1.82, 2.24) is 9.80 Å². The summed E-state index contributed by atoms with van der Waals surface area (Å²) < 4.78 is 38.9. The van der Waals surface area contributed by atoms with Gasteiger partial charge in [0.2, 0.25) is 11.8 Å². The highest BCUT2D eigenvalue weighted by molar-refractivity contribution is 6.30. The number of amides is 2. The normalized spacial score (nSPS) is 22.1. The molecule has 1 aromatic rings. The summed E-state index contributed by atoms with van der Waals surface area (Å²) in [6.07, 6.45) is -3.52. The topological polar surface area (TPSA) is 66.6 Å². The Kier molecular flexibility index (Phi) is 6.98. The predicted molar refractivity (Wildman–Crippen MR) is 101 cm³/mol. The van der Waals surface area contributed by atoms with Crippen molar-refractivity contribution >= 4 is 23.4 Å². The van der Waals surface area contributed by atoms with Crippen molar-refractivity contribution in [2.24, 2.45) is 5.73 Å². The number of hydrogen-bond donors (Lipinski definition) is 1. The second kappa shape index (κ2) is 8.69. The van der Waals surface area contributed by atoms with Crippen LogP contribution in [0.3, 0.4) is 0 Å². The molecule has 1 fully saturated rings. The molecule has 0 saturated carbocycles.